The van der Waals surface area contributed by atoms with E-state index in [1.54, 1.807) is 0 Å². The quantitative estimate of drug-likeness (QED) is 0.0520. The molecule has 0 aromatic heterocycles. The van der Waals surface area contributed by atoms with E-state index < -0.39 is 0 Å². The fourth-order valence-corrected chi connectivity index (χ4v) is 6.90. The molecule has 0 aliphatic heterocycles. The smallest absolute Gasteiger partial charge is 0.0786 e. The van der Waals surface area contributed by atoms with Crippen molar-refractivity contribution in [3.63, 3.8) is 0 Å². The number of halogens is 1. The maximum atomic E-state index is 2.42. The van der Waals surface area contributed by atoms with Crippen molar-refractivity contribution in [1.82, 2.24) is 0 Å². The van der Waals surface area contributed by atoms with E-state index in [1.807, 2.05) is 0 Å². The summed E-state index contributed by atoms with van der Waals surface area (Å²) >= 11 is 0. The molecule has 0 spiro atoms. The van der Waals surface area contributed by atoms with Gasteiger partial charge in [0.05, 0.1) is 26.2 Å². The first-order valence-corrected chi connectivity index (χ1v) is 19.1. The lowest BCUT2D eigenvalue weighted by molar-refractivity contribution is -0.928. The Kier molecular flexibility index (Phi) is 37.6. The van der Waals surface area contributed by atoms with Gasteiger partial charge in [-0.2, -0.15) is 0 Å². The number of rotatable bonds is 34. The molecule has 0 heterocycles. The van der Waals surface area contributed by atoms with Gasteiger partial charge < -0.3 is 16.9 Å². The third-order valence-electron chi connectivity index (χ3n) is 9.37. The number of unbranched alkanes of at least 4 members (excludes halogenated alkanes) is 26. The van der Waals surface area contributed by atoms with Gasteiger partial charge in [0.25, 0.3) is 0 Å². The van der Waals surface area contributed by atoms with Gasteiger partial charge in [-0.25, -0.2) is 0 Å². The van der Waals surface area contributed by atoms with Crippen LogP contribution in [0.4, 0.5) is 0 Å². The Hall–Kier alpha value is 0.250. The van der Waals surface area contributed by atoms with Gasteiger partial charge in [0, 0.05) is 0 Å². The molecule has 0 saturated heterocycles. The number of hydrogen-bond donors (Lipinski definition) is 0. The maximum Gasteiger partial charge on any atom is 0.0786 e. The normalized spacial score (nSPS) is 11.7. The van der Waals surface area contributed by atoms with Gasteiger partial charge in [-0.3, -0.25) is 0 Å². The van der Waals surface area contributed by atoms with Crippen molar-refractivity contribution in [3.05, 3.63) is 0 Å². The number of hydrogen-bond acceptors (Lipinski definition) is 0. The topological polar surface area (TPSA) is 0 Å². The molecule has 0 saturated carbocycles. The van der Waals surface area contributed by atoms with Gasteiger partial charge in [-0.15, -0.1) is 0 Å². The molecule has 1 nitrogen and oxygen atoms in total. The Bertz CT molecular complexity index is 397. The highest BCUT2D eigenvalue weighted by Gasteiger charge is 2.24. The number of nitrogens with zero attached hydrogens (tertiary/aromatic N) is 1. The van der Waals surface area contributed by atoms with Crippen molar-refractivity contribution in [3.8, 4) is 0 Å². The molecule has 0 aromatic carbocycles. The van der Waals surface area contributed by atoms with Crippen LogP contribution in [0.25, 0.3) is 0 Å². The zero-order valence-electron chi connectivity index (χ0n) is 28.9. The third-order valence-corrected chi connectivity index (χ3v) is 9.37. The van der Waals surface area contributed by atoms with Crippen molar-refractivity contribution in [2.24, 2.45) is 0 Å². The monoisotopic (exact) mass is 586 g/mol. The fourth-order valence-electron chi connectivity index (χ4n) is 6.90. The average Bonchev–Trinajstić information content (AvgIpc) is 2.93. The van der Waals surface area contributed by atoms with Gasteiger partial charge in [0.2, 0.25) is 0 Å². The first-order valence-electron chi connectivity index (χ1n) is 19.1. The van der Waals surface area contributed by atoms with Crippen LogP contribution in [0.2, 0.25) is 0 Å². The highest BCUT2D eigenvalue weighted by molar-refractivity contribution is 4.54. The molecule has 0 radical (unpaired) electrons. The molecular formula is C38H80ClN. The second-order valence-electron chi connectivity index (χ2n) is 13.4. The first-order chi connectivity index (χ1) is 19.2. The van der Waals surface area contributed by atoms with Crippen molar-refractivity contribution in [1.29, 1.82) is 0 Å². The van der Waals surface area contributed by atoms with Crippen molar-refractivity contribution in [2.75, 3.05) is 26.2 Å². The Morgan fingerprint density at radius 3 is 0.625 bits per heavy atom. The van der Waals surface area contributed by atoms with Gasteiger partial charge in [-0.1, -0.05) is 182 Å². The molecule has 2 heteroatoms. The minimum Gasteiger partial charge on any atom is -1.00 e. The van der Waals surface area contributed by atoms with E-state index >= 15 is 0 Å². The van der Waals surface area contributed by atoms with Crippen LogP contribution < -0.4 is 12.4 Å². The summed E-state index contributed by atoms with van der Waals surface area (Å²) in [6.07, 6.45) is 43.9. The summed E-state index contributed by atoms with van der Waals surface area (Å²) < 4.78 is 1.43. The standard InChI is InChI=1S/C38H80N.ClH/c1-5-9-11-13-15-17-19-21-23-25-27-29-31-33-37-39(35-7-3,36-8-4)38-34-32-30-28-26-24-22-20-18-16-14-12-10-6-2;/h5-38H2,1-4H3;1H/q+1;/p-1. The highest BCUT2D eigenvalue weighted by Crippen LogP contribution is 2.19. The van der Waals surface area contributed by atoms with Crippen LogP contribution in [-0.2, 0) is 0 Å². The Labute approximate surface area is 262 Å². The van der Waals surface area contributed by atoms with Crippen molar-refractivity contribution < 1.29 is 16.9 Å². The van der Waals surface area contributed by atoms with Crippen molar-refractivity contribution >= 4 is 0 Å². The van der Waals surface area contributed by atoms with Gasteiger partial charge >= 0.3 is 0 Å². The third kappa shape index (κ3) is 29.7. The molecule has 0 aromatic rings. The molecule has 0 aliphatic carbocycles. The predicted molar refractivity (Wildman–Crippen MR) is 181 cm³/mol. The zero-order valence-corrected chi connectivity index (χ0v) is 29.6. The van der Waals surface area contributed by atoms with E-state index in [9.17, 15) is 0 Å². The molecule has 0 fully saturated rings. The summed E-state index contributed by atoms with van der Waals surface area (Å²) in [5, 5.41) is 0. The van der Waals surface area contributed by atoms with Crippen LogP contribution in [0.5, 0.6) is 0 Å². The first kappa shape index (κ1) is 42.4. The van der Waals surface area contributed by atoms with Crippen LogP contribution in [0.15, 0.2) is 0 Å². The lowest BCUT2D eigenvalue weighted by Crippen LogP contribution is -3.00. The summed E-state index contributed by atoms with van der Waals surface area (Å²) in [6.45, 7) is 15.2. The van der Waals surface area contributed by atoms with Crippen LogP contribution in [0.3, 0.4) is 0 Å². The summed E-state index contributed by atoms with van der Waals surface area (Å²) in [6, 6.07) is 0. The van der Waals surface area contributed by atoms with E-state index in [1.165, 1.54) is 223 Å². The molecular weight excluding hydrogens is 506 g/mol. The van der Waals surface area contributed by atoms with E-state index in [0.29, 0.717) is 0 Å². The molecule has 0 aliphatic rings. The lowest BCUT2D eigenvalue weighted by atomic mass is 10.0. The Morgan fingerprint density at radius 2 is 0.425 bits per heavy atom. The van der Waals surface area contributed by atoms with Crippen LogP contribution >= 0.6 is 0 Å². The minimum absolute atomic E-state index is 0. The molecule has 0 rings (SSSR count). The Balaban J connectivity index is 0. The largest absolute Gasteiger partial charge is 1.00 e. The summed E-state index contributed by atoms with van der Waals surface area (Å²) in [7, 11) is 0. The van der Waals surface area contributed by atoms with Crippen LogP contribution in [0, 0.1) is 0 Å². The van der Waals surface area contributed by atoms with Gasteiger partial charge in [-0.05, 0) is 38.5 Å². The highest BCUT2D eigenvalue weighted by atomic mass is 35.5. The molecule has 0 unspecified atom stereocenters. The Morgan fingerprint density at radius 1 is 0.225 bits per heavy atom. The second kappa shape index (κ2) is 35.4. The van der Waals surface area contributed by atoms with Crippen LogP contribution in [-0.4, -0.2) is 30.7 Å². The molecule has 40 heavy (non-hydrogen) atoms. The zero-order chi connectivity index (χ0) is 28.5. The van der Waals surface area contributed by atoms with E-state index in [0.717, 1.165) is 0 Å². The van der Waals surface area contributed by atoms with E-state index in [-0.39, 0.29) is 12.4 Å². The van der Waals surface area contributed by atoms with Crippen LogP contribution in [0.1, 0.15) is 220 Å². The SMILES string of the molecule is CCCCCCCCCCCCCCCC[N+](CCC)(CCC)CCCCCCCCCCCCCCCC.[Cl-]. The average molecular weight is 587 g/mol. The summed E-state index contributed by atoms with van der Waals surface area (Å²) in [5.41, 5.74) is 0. The van der Waals surface area contributed by atoms with Gasteiger partial charge in [0.15, 0.2) is 0 Å². The van der Waals surface area contributed by atoms with Gasteiger partial charge in [0.1, 0.15) is 0 Å². The molecule has 0 atom stereocenters. The second-order valence-corrected chi connectivity index (χ2v) is 13.4. The molecule has 0 amide bonds. The fraction of sp³-hybridized carbons (Fsp3) is 1.00. The maximum absolute atomic E-state index is 2.42. The number of quaternary nitrogens is 1. The summed E-state index contributed by atoms with van der Waals surface area (Å²) in [4.78, 5) is 0. The predicted octanol–water partition coefficient (Wildman–Crippen LogP) is 10.6. The summed E-state index contributed by atoms with van der Waals surface area (Å²) in [5.74, 6) is 0. The lowest BCUT2D eigenvalue weighted by Gasteiger charge is -2.39. The minimum atomic E-state index is 0. The van der Waals surface area contributed by atoms with E-state index in [2.05, 4.69) is 27.7 Å². The van der Waals surface area contributed by atoms with Crippen molar-refractivity contribution in [2.45, 2.75) is 220 Å². The van der Waals surface area contributed by atoms with E-state index in [4.69, 9.17) is 0 Å². The molecule has 0 N–H and O–H groups in total. The molecule has 0 bridgehead atoms. The molecule has 244 valence electrons.